The molecule has 0 bridgehead atoms. The highest BCUT2D eigenvalue weighted by atomic mass is 16.5. The Labute approximate surface area is 164 Å². The van der Waals surface area contributed by atoms with Crippen LogP contribution in [-0.2, 0) is 11.2 Å². The quantitative estimate of drug-likeness (QED) is 0.707. The maximum absolute atomic E-state index is 12.8. The van der Waals surface area contributed by atoms with Gasteiger partial charge in [-0.05, 0) is 29.8 Å². The first-order valence-corrected chi connectivity index (χ1v) is 9.13. The standard InChI is InChI=1S/C21H26N4O3/c1-21(2,3)20(25-18-9-7-6-8-17(18)23-24-25)22-19(26)12-14-10-15(27-4)13-16(11-14)28-5/h6-11,13,20H,12H2,1-5H3,(H,22,26). The summed E-state index contributed by atoms with van der Waals surface area (Å²) in [6, 6.07) is 13.2. The molecule has 1 N–H and O–H groups in total. The predicted molar refractivity (Wildman–Crippen MR) is 107 cm³/mol. The maximum atomic E-state index is 12.8. The van der Waals surface area contributed by atoms with Crippen molar-refractivity contribution >= 4 is 16.9 Å². The van der Waals surface area contributed by atoms with E-state index in [4.69, 9.17) is 9.47 Å². The van der Waals surface area contributed by atoms with E-state index in [1.54, 1.807) is 25.0 Å². The summed E-state index contributed by atoms with van der Waals surface area (Å²) in [6.45, 7) is 6.18. The van der Waals surface area contributed by atoms with Crippen molar-refractivity contribution in [2.24, 2.45) is 5.41 Å². The number of hydrogen-bond donors (Lipinski definition) is 1. The molecule has 0 aliphatic carbocycles. The predicted octanol–water partition coefficient (Wildman–Crippen LogP) is 3.35. The monoisotopic (exact) mass is 382 g/mol. The number of fused-ring (bicyclic) bond motifs is 1. The lowest BCUT2D eigenvalue weighted by molar-refractivity contribution is -0.123. The van der Waals surface area contributed by atoms with Crippen molar-refractivity contribution < 1.29 is 14.3 Å². The summed E-state index contributed by atoms with van der Waals surface area (Å²) in [5.74, 6) is 1.18. The number of methoxy groups -OCH3 is 2. The molecule has 148 valence electrons. The van der Waals surface area contributed by atoms with E-state index >= 15 is 0 Å². The Hall–Kier alpha value is -3.09. The molecule has 0 aliphatic heterocycles. The lowest BCUT2D eigenvalue weighted by Crippen LogP contribution is -2.41. The van der Waals surface area contributed by atoms with Crippen LogP contribution in [0.4, 0.5) is 0 Å². The summed E-state index contributed by atoms with van der Waals surface area (Å²) in [5.41, 5.74) is 2.22. The smallest absolute Gasteiger partial charge is 0.226 e. The van der Waals surface area contributed by atoms with Crippen molar-refractivity contribution in [1.82, 2.24) is 20.3 Å². The Bertz CT molecular complexity index is 953. The number of nitrogens with one attached hydrogen (secondary N) is 1. The van der Waals surface area contributed by atoms with Crippen molar-refractivity contribution in [1.29, 1.82) is 0 Å². The number of carbonyl (C=O) groups excluding carboxylic acids is 1. The third kappa shape index (κ3) is 4.24. The first kappa shape index (κ1) is 19.7. The Morgan fingerprint density at radius 2 is 1.75 bits per heavy atom. The van der Waals surface area contributed by atoms with Gasteiger partial charge in [-0.15, -0.1) is 5.10 Å². The topological polar surface area (TPSA) is 78.3 Å². The number of nitrogens with zero attached hydrogens (tertiary/aromatic N) is 3. The fourth-order valence-electron chi connectivity index (χ4n) is 3.08. The summed E-state index contributed by atoms with van der Waals surface area (Å²) in [7, 11) is 3.17. The minimum Gasteiger partial charge on any atom is -0.497 e. The number of para-hydroxylation sites is 1. The van der Waals surface area contributed by atoms with E-state index < -0.39 is 0 Å². The highest BCUT2D eigenvalue weighted by molar-refractivity contribution is 5.79. The Balaban J connectivity index is 1.85. The third-order valence-electron chi connectivity index (χ3n) is 4.52. The zero-order chi connectivity index (χ0) is 20.3. The average molecular weight is 382 g/mol. The van der Waals surface area contributed by atoms with E-state index in [0.717, 1.165) is 16.6 Å². The van der Waals surface area contributed by atoms with Gasteiger partial charge < -0.3 is 14.8 Å². The molecule has 1 amide bonds. The minimum atomic E-state index is -0.347. The number of benzene rings is 2. The van der Waals surface area contributed by atoms with Gasteiger partial charge in [0.1, 0.15) is 23.2 Å². The summed E-state index contributed by atoms with van der Waals surface area (Å²) >= 11 is 0. The molecule has 1 aromatic heterocycles. The first-order valence-electron chi connectivity index (χ1n) is 9.13. The van der Waals surface area contributed by atoms with Crippen molar-refractivity contribution in [2.75, 3.05) is 14.2 Å². The van der Waals surface area contributed by atoms with Crippen LogP contribution in [0.15, 0.2) is 42.5 Å². The van der Waals surface area contributed by atoms with Crippen LogP contribution >= 0.6 is 0 Å². The lowest BCUT2D eigenvalue weighted by atomic mass is 9.92. The Morgan fingerprint density at radius 1 is 1.11 bits per heavy atom. The average Bonchev–Trinajstić information content (AvgIpc) is 3.08. The Kier molecular flexibility index (Phi) is 5.53. The highest BCUT2D eigenvalue weighted by Gasteiger charge is 2.30. The van der Waals surface area contributed by atoms with Gasteiger partial charge in [-0.3, -0.25) is 4.79 Å². The van der Waals surface area contributed by atoms with Gasteiger partial charge in [0.05, 0.1) is 26.2 Å². The number of carbonyl (C=O) groups is 1. The van der Waals surface area contributed by atoms with Gasteiger partial charge in [-0.2, -0.15) is 0 Å². The van der Waals surface area contributed by atoms with E-state index in [2.05, 4.69) is 36.4 Å². The van der Waals surface area contributed by atoms with Gasteiger partial charge in [0.15, 0.2) is 0 Å². The van der Waals surface area contributed by atoms with Crippen LogP contribution in [0.3, 0.4) is 0 Å². The van der Waals surface area contributed by atoms with E-state index in [0.29, 0.717) is 11.5 Å². The van der Waals surface area contributed by atoms with Crippen LogP contribution < -0.4 is 14.8 Å². The molecule has 28 heavy (non-hydrogen) atoms. The van der Waals surface area contributed by atoms with E-state index in [-0.39, 0.29) is 23.9 Å². The molecule has 1 heterocycles. The van der Waals surface area contributed by atoms with Gasteiger partial charge in [-0.1, -0.05) is 38.1 Å². The highest BCUT2D eigenvalue weighted by Crippen LogP contribution is 2.30. The van der Waals surface area contributed by atoms with Crippen molar-refractivity contribution in [3.05, 3.63) is 48.0 Å². The maximum Gasteiger partial charge on any atom is 0.226 e. The third-order valence-corrected chi connectivity index (χ3v) is 4.52. The van der Waals surface area contributed by atoms with Crippen LogP contribution in [0.2, 0.25) is 0 Å². The fraction of sp³-hybridized carbons (Fsp3) is 0.381. The molecule has 0 spiro atoms. The van der Waals surface area contributed by atoms with Gasteiger partial charge in [0.2, 0.25) is 5.91 Å². The van der Waals surface area contributed by atoms with Gasteiger partial charge in [0, 0.05) is 11.5 Å². The fourth-order valence-corrected chi connectivity index (χ4v) is 3.08. The van der Waals surface area contributed by atoms with Gasteiger partial charge >= 0.3 is 0 Å². The van der Waals surface area contributed by atoms with E-state index in [1.165, 1.54) is 0 Å². The lowest BCUT2D eigenvalue weighted by Gasteiger charge is -2.31. The normalized spacial score (nSPS) is 12.6. The first-order chi connectivity index (χ1) is 13.3. The van der Waals surface area contributed by atoms with Gasteiger partial charge in [0.25, 0.3) is 0 Å². The number of rotatable bonds is 6. The second-order valence-electron chi connectivity index (χ2n) is 7.76. The minimum absolute atomic E-state index is 0.116. The molecule has 2 aromatic carbocycles. The van der Waals surface area contributed by atoms with Crippen LogP contribution in [0.25, 0.3) is 11.0 Å². The molecule has 0 radical (unpaired) electrons. The summed E-state index contributed by atoms with van der Waals surface area (Å²) in [5, 5.41) is 11.6. The SMILES string of the molecule is COc1cc(CC(=O)NC(n2nnc3ccccc32)C(C)(C)C)cc(OC)c1. The second-order valence-corrected chi connectivity index (χ2v) is 7.76. The summed E-state index contributed by atoms with van der Waals surface area (Å²) < 4.78 is 12.4. The summed E-state index contributed by atoms with van der Waals surface area (Å²) in [6.07, 6.45) is -0.146. The number of ether oxygens (including phenoxy) is 2. The molecule has 0 saturated carbocycles. The van der Waals surface area contributed by atoms with Crippen molar-refractivity contribution in [3.8, 4) is 11.5 Å². The second kappa shape index (κ2) is 7.88. The summed E-state index contributed by atoms with van der Waals surface area (Å²) in [4.78, 5) is 12.8. The number of amides is 1. The molecule has 1 unspecified atom stereocenters. The van der Waals surface area contributed by atoms with E-state index in [9.17, 15) is 4.79 Å². The number of hydrogen-bond acceptors (Lipinski definition) is 5. The zero-order valence-electron chi connectivity index (χ0n) is 16.9. The number of aromatic nitrogens is 3. The van der Waals surface area contributed by atoms with Crippen LogP contribution in [-0.4, -0.2) is 35.1 Å². The van der Waals surface area contributed by atoms with Crippen LogP contribution in [0.5, 0.6) is 11.5 Å². The largest absolute Gasteiger partial charge is 0.497 e. The van der Waals surface area contributed by atoms with E-state index in [1.807, 2.05) is 36.4 Å². The van der Waals surface area contributed by atoms with Crippen molar-refractivity contribution in [2.45, 2.75) is 33.4 Å². The van der Waals surface area contributed by atoms with Crippen LogP contribution in [0, 0.1) is 5.41 Å². The molecule has 3 aromatic rings. The zero-order valence-corrected chi connectivity index (χ0v) is 16.9. The molecule has 7 heteroatoms. The molecular weight excluding hydrogens is 356 g/mol. The molecule has 0 saturated heterocycles. The molecular formula is C21H26N4O3. The van der Waals surface area contributed by atoms with Gasteiger partial charge in [-0.25, -0.2) is 4.68 Å². The molecule has 0 aliphatic rings. The molecule has 1 atom stereocenters. The molecule has 0 fully saturated rings. The Morgan fingerprint density at radius 3 is 2.36 bits per heavy atom. The molecule has 3 rings (SSSR count). The molecule has 7 nitrogen and oxygen atoms in total. The van der Waals surface area contributed by atoms with Crippen LogP contribution in [0.1, 0.15) is 32.5 Å². The van der Waals surface area contributed by atoms with Crippen molar-refractivity contribution in [3.63, 3.8) is 0 Å².